The molecule has 0 saturated heterocycles. The molecule has 1 amide bonds. The standard InChI is InChI=1S/C23H25N3O2/c1-23(28)11-19(12-23)15-4-5-16-10-21(25-20(16)9-15)22(27)26-8-2-3-17-13-24-7-6-18(17)14-26/h4-7,9-10,13,19,25,28H,2-3,8,11-12,14H2,1H3. The summed E-state index contributed by atoms with van der Waals surface area (Å²) in [6.07, 6.45) is 7.24. The number of rotatable bonds is 2. The molecule has 144 valence electrons. The third-order valence-corrected chi connectivity index (χ3v) is 6.25. The molecule has 1 aliphatic heterocycles. The number of hydrogen-bond acceptors (Lipinski definition) is 3. The van der Waals surface area contributed by atoms with Crippen molar-refractivity contribution in [2.24, 2.45) is 0 Å². The Balaban J connectivity index is 1.39. The summed E-state index contributed by atoms with van der Waals surface area (Å²) in [6, 6.07) is 10.3. The Morgan fingerprint density at radius 3 is 2.93 bits per heavy atom. The lowest BCUT2D eigenvalue weighted by Gasteiger charge is -2.41. The van der Waals surface area contributed by atoms with Crippen LogP contribution >= 0.6 is 0 Å². The smallest absolute Gasteiger partial charge is 0.270 e. The molecule has 2 aliphatic rings. The molecular weight excluding hydrogens is 350 g/mol. The number of aliphatic hydroxyl groups is 1. The van der Waals surface area contributed by atoms with E-state index in [4.69, 9.17) is 0 Å². The summed E-state index contributed by atoms with van der Waals surface area (Å²) < 4.78 is 0. The molecule has 0 unspecified atom stereocenters. The van der Waals surface area contributed by atoms with Gasteiger partial charge in [0.15, 0.2) is 0 Å². The molecular formula is C23H25N3O2. The molecule has 0 radical (unpaired) electrons. The van der Waals surface area contributed by atoms with Crippen molar-refractivity contribution in [1.29, 1.82) is 0 Å². The first-order valence-electron chi connectivity index (χ1n) is 10.0. The van der Waals surface area contributed by atoms with Crippen molar-refractivity contribution in [1.82, 2.24) is 14.9 Å². The van der Waals surface area contributed by atoms with Gasteiger partial charge in [0.2, 0.25) is 0 Å². The summed E-state index contributed by atoms with van der Waals surface area (Å²) in [4.78, 5) is 22.6. The number of carbonyl (C=O) groups excluding carboxylic acids is 1. The van der Waals surface area contributed by atoms with E-state index in [9.17, 15) is 9.90 Å². The number of carbonyl (C=O) groups is 1. The monoisotopic (exact) mass is 375 g/mol. The van der Waals surface area contributed by atoms with Crippen molar-refractivity contribution in [3.8, 4) is 0 Å². The van der Waals surface area contributed by atoms with E-state index in [0.29, 0.717) is 18.2 Å². The fourth-order valence-electron chi connectivity index (χ4n) is 4.68. The first-order chi connectivity index (χ1) is 13.5. The van der Waals surface area contributed by atoms with Gasteiger partial charge in [-0.25, -0.2) is 0 Å². The normalized spacial score (nSPS) is 24.5. The lowest BCUT2D eigenvalue weighted by molar-refractivity contribution is -0.0313. The topological polar surface area (TPSA) is 69.2 Å². The van der Waals surface area contributed by atoms with Crippen molar-refractivity contribution >= 4 is 16.8 Å². The number of fused-ring (bicyclic) bond motifs is 2. The minimum Gasteiger partial charge on any atom is -0.390 e. The van der Waals surface area contributed by atoms with Crippen molar-refractivity contribution in [2.45, 2.75) is 50.7 Å². The average Bonchev–Trinajstić information content (AvgIpc) is 2.96. The molecule has 1 saturated carbocycles. The first kappa shape index (κ1) is 17.4. The van der Waals surface area contributed by atoms with Crippen molar-refractivity contribution < 1.29 is 9.90 Å². The second kappa shape index (κ2) is 6.45. The Morgan fingerprint density at radius 1 is 1.25 bits per heavy atom. The van der Waals surface area contributed by atoms with Crippen LogP contribution in [0.5, 0.6) is 0 Å². The van der Waals surface area contributed by atoms with Crippen LogP contribution in [0.2, 0.25) is 0 Å². The van der Waals surface area contributed by atoms with E-state index >= 15 is 0 Å². The van der Waals surface area contributed by atoms with Gasteiger partial charge in [0.1, 0.15) is 5.69 Å². The number of nitrogens with one attached hydrogen (secondary N) is 1. The Hall–Kier alpha value is -2.66. The molecule has 2 aromatic heterocycles. The van der Waals surface area contributed by atoms with E-state index in [0.717, 1.165) is 43.1 Å². The van der Waals surface area contributed by atoms with Gasteiger partial charge >= 0.3 is 0 Å². The molecule has 1 fully saturated rings. The predicted molar refractivity (Wildman–Crippen MR) is 108 cm³/mol. The van der Waals surface area contributed by atoms with E-state index in [1.54, 1.807) is 6.20 Å². The molecule has 0 atom stereocenters. The summed E-state index contributed by atoms with van der Waals surface area (Å²) in [5.74, 6) is 0.451. The van der Waals surface area contributed by atoms with Crippen molar-refractivity contribution in [2.75, 3.05) is 6.54 Å². The van der Waals surface area contributed by atoms with Crippen LogP contribution in [-0.2, 0) is 13.0 Å². The highest BCUT2D eigenvalue weighted by Crippen LogP contribution is 2.44. The van der Waals surface area contributed by atoms with Gasteiger partial charge in [-0.05, 0) is 73.4 Å². The minimum absolute atomic E-state index is 0.0500. The number of amides is 1. The molecule has 5 rings (SSSR count). The summed E-state index contributed by atoms with van der Waals surface area (Å²) in [7, 11) is 0. The number of hydrogen-bond donors (Lipinski definition) is 2. The molecule has 2 N–H and O–H groups in total. The molecule has 5 heteroatoms. The van der Waals surface area contributed by atoms with Crippen molar-refractivity contribution in [3.05, 3.63) is 65.1 Å². The van der Waals surface area contributed by atoms with Crippen LogP contribution in [0.1, 0.15) is 59.3 Å². The maximum Gasteiger partial charge on any atom is 0.270 e. The zero-order valence-electron chi connectivity index (χ0n) is 16.1. The Kier molecular flexibility index (Phi) is 4.02. The van der Waals surface area contributed by atoms with Gasteiger partial charge in [-0.1, -0.05) is 12.1 Å². The van der Waals surface area contributed by atoms with Gasteiger partial charge in [-0.3, -0.25) is 9.78 Å². The molecule has 5 nitrogen and oxygen atoms in total. The molecule has 0 spiro atoms. The van der Waals surface area contributed by atoms with Crippen LogP contribution in [0.25, 0.3) is 10.9 Å². The number of benzene rings is 1. The molecule has 1 aromatic carbocycles. The van der Waals surface area contributed by atoms with Crippen LogP contribution in [0.3, 0.4) is 0 Å². The third-order valence-electron chi connectivity index (χ3n) is 6.25. The second-order valence-electron chi connectivity index (χ2n) is 8.61. The van der Waals surface area contributed by atoms with Gasteiger partial charge < -0.3 is 15.0 Å². The van der Waals surface area contributed by atoms with E-state index in [2.05, 4.69) is 28.2 Å². The molecule has 3 aromatic rings. The van der Waals surface area contributed by atoms with Crippen LogP contribution in [0.4, 0.5) is 0 Å². The summed E-state index contributed by atoms with van der Waals surface area (Å²) >= 11 is 0. The highest BCUT2D eigenvalue weighted by Gasteiger charge is 2.39. The first-order valence-corrected chi connectivity index (χ1v) is 10.0. The highest BCUT2D eigenvalue weighted by atomic mass is 16.3. The summed E-state index contributed by atoms with van der Waals surface area (Å²) in [6.45, 7) is 3.28. The highest BCUT2D eigenvalue weighted by molar-refractivity contribution is 5.98. The summed E-state index contributed by atoms with van der Waals surface area (Å²) in [5, 5.41) is 11.1. The number of nitrogens with zero attached hydrogens (tertiary/aromatic N) is 2. The maximum atomic E-state index is 13.1. The van der Waals surface area contributed by atoms with Gasteiger partial charge in [-0.2, -0.15) is 0 Å². The average molecular weight is 375 g/mol. The fourth-order valence-corrected chi connectivity index (χ4v) is 4.68. The Bertz CT molecular complexity index is 1040. The van der Waals surface area contributed by atoms with Gasteiger partial charge in [0.05, 0.1) is 5.60 Å². The number of aromatic nitrogens is 2. The largest absolute Gasteiger partial charge is 0.390 e. The quantitative estimate of drug-likeness (QED) is 0.716. The van der Waals surface area contributed by atoms with E-state index < -0.39 is 5.60 Å². The molecule has 0 bridgehead atoms. The third kappa shape index (κ3) is 3.10. The molecule has 28 heavy (non-hydrogen) atoms. The zero-order valence-corrected chi connectivity index (χ0v) is 16.1. The number of H-pyrrole nitrogens is 1. The van der Waals surface area contributed by atoms with Crippen molar-refractivity contribution in [3.63, 3.8) is 0 Å². The SMILES string of the molecule is CC1(O)CC(c2ccc3cc(C(=O)N4CCCc5cnccc5C4)[nH]c3c2)C1. The predicted octanol–water partition coefficient (Wildman–Crippen LogP) is 3.78. The van der Waals surface area contributed by atoms with Gasteiger partial charge in [-0.15, -0.1) is 0 Å². The minimum atomic E-state index is -0.533. The number of aryl methyl sites for hydroxylation is 1. The van der Waals surface area contributed by atoms with E-state index in [1.165, 1.54) is 16.7 Å². The van der Waals surface area contributed by atoms with Gasteiger partial charge in [0, 0.05) is 36.4 Å². The van der Waals surface area contributed by atoms with E-state index in [-0.39, 0.29) is 5.91 Å². The molecule has 3 heterocycles. The zero-order chi connectivity index (χ0) is 19.3. The van der Waals surface area contributed by atoms with E-state index in [1.807, 2.05) is 30.2 Å². The fraction of sp³-hybridized carbons (Fsp3) is 0.391. The van der Waals surface area contributed by atoms with Crippen LogP contribution in [-0.4, -0.2) is 38.0 Å². The molecule has 1 aliphatic carbocycles. The lowest BCUT2D eigenvalue weighted by atomic mass is 9.69. The maximum absolute atomic E-state index is 13.1. The Morgan fingerprint density at radius 2 is 2.11 bits per heavy atom. The van der Waals surface area contributed by atoms with Gasteiger partial charge in [0.25, 0.3) is 5.91 Å². The van der Waals surface area contributed by atoms with Crippen LogP contribution in [0, 0.1) is 0 Å². The number of pyridine rings is 1. The lowest BCUT2D eigenvalue weighted by Crippen LogP contribution is -2.39. The number of aromatic amines is 1. The second-order valence-corrected chi connectivity index (χ2v) is 8.61. The van der Waals surface area contributed by atoms with Crippen LogP contribution in [0.15, 0.2) is 42.7 Å². The van der Waals surface area contributed by atoms with Crippen LogP contribution < -0.4 is 0 Å². The summed E-state index contributed by atoms with van der Waals surface area (Å²) in [5.41, 5.74) is 4.77. The Labute approximate surface area is 164 Å².